The summed E-state index contributed by atoms with van der Waals surface area (Å²) in [5.74, 6) is -0.305. The van der Waals surface area contributed by atoms with Gasteiger partial charge >= 0.3 is 0 Å². The highest BCUT2D eigenvalue weighted by atomic mass is 16.5. The molecule has 7 nitrogen and oxygen atoms in total. The van der Waals surface area contributed by atoms with Crippen LogP contribution in [0.3, 0.4) is 0 Å². The summed E-state index contributed by atoms with van der Waals surface area (Å²) in [5.41, 5.74) is 1.01. The van der Waals surface area contributed by atoms with Gasteiger partial charge in [-0.3, -0.25) is 14.5 Å². The molecular formula is C17H20N4O3. The summed E-state index contributed by atoms with van der Waals surface area (Å²) in [5, 5.41) is 8.94. The van der Waals surface area contributed by atoms with Gasteiger partial charge in [-0.2, -0.15) is 5.10 Å². The Morgan fingerprint density at radius 3 is 2.62 bits per heavy atom. The van der Waals surface area contributed by atoms with Crippen molar-refractivity contribution >= 4 is 5.91 Å². The van der Waals surface area contributed by atoms with Crippen LogP contribution in [0.25, 0.3) is 0 Å². The molecule has 2 heterocycles. The van der Waals surface area contributed by atoms with Crippen LogP contribution in [0, 0.1) is 0 Å². The molecule has 1 fully saturated rings. The number of carbonyl (C=O) groups excluding carboxylic acids is 1. The summed E-state index contributed by atoms with van der Waals surface area (Å²) < 4.78 is 5.42. The van der Waals surface area contributed by atoms with E-state index in [4.69, 9.17) is 4.74 Å². The van der Waals surface area contributed by atoms with Gasteiger partial charge in [0.05, 0.1) is 19.3 Å². The second-order valence-electron chi connectivity index (χ2n) is 5.59. The van der Waals surface area contributed by atoms with E-state index in [1.54, 1.807) is 0 Å². The number of hydrogen-bond donors (Lipinski definition) is 2. The first-order valence-electron chi connectivity index (χ1n) is 7.95. The van der Waals surface area contributed by atoms with Crippen molar-refractivity contribution in [3.05, 3.63) is 64.1 Å². The second kappa shape index (κ2) is 7.85. The molecule has 24 heavy (non-hydrogen) atoms. The van der Waals surface area contributed by atoms with Gasteiger partial charge in [0.2, 0.25) is 0 Å². The first-order valence-corrected chi connectivity index (χ1v) is 7.95. The summed E-state index contributed by atoms with van der Waals surface area (Å²) in [6.07, 6.45) is 0. The molecule has 1 aromatic heterocycles. The minimum atomic E-state index is -0.331. The highest BCUT2D eigenvalue weighted by Gasteiger charge is 2.23. The molecule has 1 amide bonds. The SMILES string of the molecule is O=C(NCC(c1ccccc1)N1CCOCC1)c1ccc(=O)[nH]n1. The number of rotatable bonds is 5. The quantitative estimate of drug-likeness (QED) is 0.838. The number of morpholine rings is 1. The van der Waals surface area contributed by atoms with E-state index in [0.29, 0.717) is 19.8 Å². The number of nitrogens with one attached hydrogen (secondary N) is 2. The monoisotopic (exact) mass is 328 g/mol. The zero-order valence-electron chi connectivity index (χ0n) is 13.3. The van der Waals surface area contributed by atoms with E-state index >= 15 is 0 Å². The van der Waals surface area contributed by atoms with Gasteiger partial charge in [0.1, 0.15) is 5.69 Å². The minimum Gasteiger partial charge on any atom is -0.379 e. The predicted molar refractivity (Wildman–Crippen MR) is 88.8 cm³/mol. The molecule has 0 spiro atoms. The van der Waals surface area contributed by atoms with Gasteiger partial charge in [-0.05, 0) is 11.6 Å². The molecule has 0 aliphatic carbocycles. The van der Waals surface area contributed by atoms with E-state index < -0.39 is 0 Å². The third-order valence-electron chi connectivity index (χ3n) is 4.04. The minimum absolute atomic E-state index is 0.0711. The normalized spacial score (nSPS) is 16.5. The van der Waals surface area contributed by atoms with Gasteiger partial charge in [-0.15, -0.1) is 0 Å². The molecule has 0 radical (unpaired) electrons. The number of benzene rings is 1. The molecule has 1 aliphatic heterocycles. The number of nitrogens with zero attached hydrogens (tertiary/aromatic N) is 2. The number of carbonyl (C=O) groups is 1. The number of H-pyrrole nitrogens is 1. The van der Waals surface area contributed by atoms with Gasteiger partial charge in [-0.1, -0.05) is 30.3 Å². The van der Waals surface area contributed by atoms with Crippen molar-refractivity contribution < 1.29 is 9.53 Å². The lowest BCUT2D eigenvalue weighted by Crippen LogP contribution is -2.44. The van der Waals surface area contributed by atoms with E-state index in [1.807, 2.05) is 18.2 Å². The molecule has 1 saturated heterocycles. The maximum absolute atomic E-state index is 12.2. The van der Waals surface area contributed by atoms with Crippen LogP contribution in [-0.4, -0.2) is 53.9 Å². The van der Waals surface area contributed by atoms with E-state index in [0.717, 1.165) is 18.7 Å². The van der Waals surface area contributed by atoms with Crippen molar-refractivity contribution in [3.63, 3.8) is 0 Å². The lowest BCUT2D eigenvalue weighted by molar-refractivity contribution is 0.0162. The number of hydrogen-bond acceptors (Lipinski definition) is 5. The molecule has 2 N–H and O–H groups in total. The fraction of sp³-hybridized carbons (Fsp3) is 0.353. The average Bonchev–Trinajstić information content (AvgIpc) is 2.64. The second-order valence-corrected chi connectivity index (χ2v) is 5.59. The first kappa shape index (κ1) is 16.4. The van der Waals surface area contributed by atoms with Crippen molar-refractivity contribution in [1.82, 2.24) is 20.4 Å². The van der Waals surface area contributed by atoms with Crippen LogP contribution in [0.2, 0.25) is 0 Å². The van der Waals surface area contributed by atoms with Crippen molar-refractivity contribution in [2.24, 2.45) is 0 Å². The van der Waals surface area contributed by atoms with E-state index in [2.05, 4.69) is 32.5 Å². The zero-order chi connectivity index (χ0) is 16.8. The number of ether oxygens (including phenoxy) is 1. The van der Waals surface area contributed by atoms with Crippen LogP contribution in [-0.2, 0) is 4.74 Å². The first-order chi connectivity index (χ1) is 11.7. The van der Waals surface area contributed by atoms with Crippen LogP contribution >= 0.6 is 0 Å². The molecule has 1 aromatic carbocycles. The van der Waals surface area contributed by atoms with Crippen molar-refractivity contribution in [2.75, 3.05) is 32.8 Å². The molecule has 126 valence electrons. The molecule has 0 saturated carbocycles. The summed E-state index contributed by atoms with van der Waals surface area (Å²) in [6, 6.07) is 12.9. The highest BCUT2D eigenvalue weighted by molar-refractivity contribution is 5.91. The van der Waals surface area contributed by atoms with Crippen molar-refractivity contribution in [3.8, 4) is 0 Å². The van der Waals surface area contributed by atoms with Gasteiger partial charge in [0.15, 0.2) is 0 Å². The summed E-state index contributed by atoms with van der Waals surface area (Å²) in [7, 11) is 0. The van der Waals surface area contributed by atoms with Crippen LogP contribution in [0.1, 0.15) is 22.1 Å². The Labute approximate surface area is 139 Å². The third kappa shape index (κ3) is 4.06. The zero-order valence-corrected chi connectivity index (χ0v) is 13.3. The molecule has 7 heteroatoms. The van der Waals surface area contributed by atoms with E-state index in [9.17, 15) is 9.59 Å². The molecule has 2 aromatic rings. The topological polar surface area (TPSA) is 87.3 Å². The predicted octanol–water partition coefficient (Wildman–Crippen LogP) is 0.573. The van der Waals surface area contributed by atoms with Crippen LogP contribution in [0.4, 0.5) is 0 Å². The third-order valence-corrected chi connectivity index (χ3v) is 4.04. The molecule has 0 bridgehead atoms. The fourth-order valence-corrected chi connectivity index (χ4v) is 2.77. The smallest absolute Gasteiger partial charge is 0.271 e. The summed E-state index contributed by atoms with van der Waals surface area (Å²) in [6.45, 7) is 3.50. The van der Waals surface area contributed by atoms with Crippen molar-refractivity contribution in [2.45, 2.75) is 6.04 Å². The molecular weight excluding hydrogens is 308 g/mol. The fourth-order valence-electron chi connectivity index (χ4n) is 2.77. The number of aromatic nitrogens is 2. The number of amides is 1. The standard InChI is InChI=1S/C17H20N4O3/c22-16-7-6-14(19-20-16)17(23)18-12-15(13-4-2-1-3-5-13)21-8-10-24-11-9-21/h1-7,15H,8-12H2,(H,18,23)(H,20,22). The van der Waals surface area contributed by atoms with Gasteiger partial charge in [-0.25, -0.2) is 5.10 Å². The summed E-state index contributed by atoms with van der Waals surface area (Å²) >= 11 is 0. The van der Waals surface area contributed by atoms with Crippen LogP contribution in [0.5, 0.6) is 0 Å². The van der Waals surface area contributed by atoms with Gasteiger partial charge in [0, 0.05) is 25.7 Å². The Balaban J connectivity index is 1.70. The average molecular weight is 328 g/mol. The number of aromatic amines is 1. The maximum Gasteiger partial charge on any atom is 0.271 e. The Kier molecular flexibility index (Phi) is 5.35. The molecule has 1 aliphatic rings. The van der Waals surface area contributed by atoms with Crippen LogP contribution < -0.4 is 10.9 Å². The molecule has 3 rings (SSSR count). The summed E-state index contributed by atoms with van der Waals surface area (Å²) in [4.78, 5) is 25.6. The lowest BCUT2D eigenvalue weighted by atomic mass is 10.0. The maximum atomic E-state index is 12.2. The van der Waals surface area contributed by atoms with Crippen LogP contribution in [0.15, 0.2) is 47.3 Å². The Hall–Kier alpha value is -2.51. The lowest BCUT2D eigenvalue weighted by Gasteiger charge is -2.34. The molecule has 1 atom stereocenters. The largest absolute Gasteiger partial charge is 0.379 e. The Morgan fingerprint density at radius 2 is 1.96 bits per heavy atom. The van der Waals surface area contributed by atoms with Crippen molar-refractivity contribution in [1.29, 1.82) is 0 Å². The van der Waals surface area contributed by atoms with Gasteiger partial charge < -0.3 is 10.1 Å². The Morgan fingerprint density at radius 1 is 1.21 bits per heavy atom. The Bertz CT molecular complexity index is 706. The van der Waals surface area contributed by atoms with E-state index in [1.165, 1.54) is 12.1 Å². The molecule has 1 unspecified atom stereocenters. The van der Waals surface area contributed by atoms with Gasteiger partial charge in [0.25, 0.3) is 11.5 Å². The highest BCUT2D eigenvalue weighted by Crippen LogP contribution is 2.21. The van der Waals surface area contributed by atoms with E-state index in [-0.39, 0.29) is 23.2 Å².